The van der Waals surface area contributed by atoms with Crippen molar-refractivity contribution in [2.24, 2.45) is 0 Å². The van der Waals surface area contributed by atoms with Gasteiger partial charge in [-0.05, 0) is 48.9 Å². The summed E-state index contributed by atoms with van der Waals surface area (Å²) in [6, 6.07) is 12.0. The molecule has 156 valence electrons. The number of aromatic nitrogens is 2. The molecule has 29 heavy (non-hydrogen) atoms. The zero-order chi connectivity index (χ0) is 21.4. The van der Waals surface area contributed by atoms with Crippen molar-refractivity contribution in [2.75, 3.05) is 0 Å². The summed E-state index contributed by atoms with van der Waals surface area (Å²) in [6.45, 7) is 1.03. The van der Waals surface area contributed by atoms with Crippen LogP contribution in [0.2, 0.25) is 0 Å². The van der Waals surface area contributed by atoms with E-state index in [9.17, 15) is 18.0 Å². The molecule has 0 bridgehead atoms. The second kappa shape index (κ2) is 10.6. The van der Waals surface area contributed by atoms with Crippen molar-refractivity contribution in [3.63, 3.8) is 0 Å². The van der Waals surface area contributed by atoms with Gasteiger partial charge in [-0.3, -0.25) is 10.0 Å². The lowest BCUT2D eigenvalue weighted by Gasteiger charge is -2.15. The maximum atomic E-state index is 12.9. The minimum atomic E-state index is -2.68. The molecule has 1 amide bonds. The molecule has 0 radical (unpaired) electrons. The van der Waals surface area contributed by atoms with Gasteiger partial charge >= 0.3 is 6.55 Å². The van der Waals surface area contributed by atoms with Crippen LogP contribution in [0.1, 0.15) is 49.8 Å². The zero-order valence-corrected chi connectivity index (χ0v) is 16.3. The molecule has 0 saturated heterocycles. The Bertz CT molecular complexity index is 923. The molecule has 3 aromatic rings. The average Bonchev–Trinajstić information content (AvgIpc) is 3.14. The highest BCUT2D eigenvalue weighted by Crippen LogP contribution is 2.29. The van der Waals surface area contributed by atoms with Crippen LogP contribution in [0, 0.1) is 12.7 Å². The van der Waals surface area contributed by atoms with Gasteiger partial charge in [0.15, 0.2) is 0 Å². The highest BCUT2D eigenvalue weighted by molar-refractivity contribution is 5.79. The number of fused-ring (bicyclic) bond motifs is 1. The number of aryl methyl sites for hydroxylation is 1. The Labute approximate surface area is 167 Å². The van der Waals surface area contributed by atoms with Gasteiger partial charge in [0, 0.05) is 11.8 Å². The Kier molecular flexibility index (Phi) is 8.21. The summed E-state index contributed by atoms with van der Waals surface area (Å²) in [4.78, 5) is 11.1. The van der Waals surface area contributed by atoms with E-state index in [1.165, 1.54) is 12.3 Å². The van der Waals surface area contributed by atoms with Crippen molar-refractivity contribution >= 4 is 16.8 Å². The number of hydroxylamine groups is 1. The highest BCUT2D eigenvalue weighted by atomic mass is 19.3. The van der Waals surface area contributed by atoms with Gasteiger partial charge in [-0.1, -0.05) is 37.3 Å². The van der Waals surface area contributed by atoms with E-state index in [2.05, 4.69) is 5.10 Å². The van der Waals surface area contributed by atoms with E-state index in [0.29, 0.717) is 27.6 Å². The highest BCUT2D eigenvalue weighted by Gasteiger charge is 2.16. The van der Waals surface area contributed by atoms with Crippen molar-refractivity contribution < 1.29 is 23.2 Å². The van der Waals surface area contributed by atoms with Gasteiger partial charge in [-0.2, -0.15) is 13.9 Å². The fraction of sp³-hybridized carbons (Fsp3) is 0.333. The first kappa shape index (κ1) is 22.4. The summed E-state index contributed by atoms with van der Waals surface area (Å²) in [6.07, 6.45) is 2.90. The van der Waals surface area contributed by atoms with E-state index in [4.69, 9.17) is 5.21 Å². The smallest absolute Gasteiger partial charge is 0.289 e. The first-order chi connectivity index (χ1) is 13.9. The second-order valence-corrected chi connectivity index (χ2v) is 6.61. The van der Waals surface area contributed by atoms with Crippen molar-refractivity contribution in [1.82, 2.24) is 15.3 Å². The summed E-state index contributed by atoms with van der Waals surface area (Å²) in [7, 11) is 0. The molecule has 1 aromatic heterocycles. The van der Waals surface area contributed by atoms with Crippen LogP contribution in [-0.4, -0.2) is 20.9 Å². The maximum Gasteiger partial charge on any atom is 0.333 e. The van der Waals surface area contributed by atoms with E-state index < -0.39 is 12.5 Å². The molecule has 5 nitrogen and oxygen atoms in total. The molecular formula is C21H24F3N3O2. The molecule has 8 heteroatoms. The van der Waals surface area contributed by atoms with Gasteiger partial charge in [0.05, 0.1) is 11.7 Å². The van der Waals surface area contributed by atoms with E-state index in [0.717, 1.165) is 12.0 Å². The summed E-state index contributed by atoms with van der Waals surface area (Å²) < 4.78 is 38.7. The zero-order valence-electron chi connectivity index (χ0n) is 16.3. The van der Waals surface area contributed by atoms with E-state index in [1.807, 2.05) is 19.1 Å². The third-order valence-electron chi connectivity index (χ3n) is 4.69. The average molecular weight is 407 g/mol. The number of hydrogen-bond acceptors (Lipinski definition) is 3. The summed E-state index contributed by atoms with van der Waals surface area (Å²) >= 11 is 0. The number of amides is 1. The third-order valence-corrected chi connectivity index (χ3v) is 4.69. The summed E-state index contributed by atoms with van der Waals surface area (Å²) in [5.74, 6) is -0.521. The minimum absolute atomic E-state index is 0.0627. The number of benzene rings is 2. The Balaban J connectivity index is 0.000000313. The lowest BCUT2D eigenvalue weighted by atomic mass is 9.91. The van der Waals surface area contributed by atoms with Gasteiger partial charge in [0.2, 0.25) is 5.91 Å². The number of carbonyl (C=O) groups is 1. The normalized spacial score (nSPS) is 11.8. The lowest BCUT2D eigenvalue weighted by Crippen LogP contribution is -2.18. The lowest BCUT2D eigenvalue weighted by molar-refractivity contribution is -0.129. The molecule has 0 spiro atoms. The minimum Gasteiger partial charge on any atom is -0.289 e. The van der Waals surface area contributed by atoms with Gasteiger partial charge in [-0.25, -0.2) is 14.6 Å². The molecule has 0 saturated carbocycles. The molecule has 2 N–H and O–H groups in total. The van der Waals surface area contributed by atoms with Crippen molar-refractivity contribution in [3.05, 3.63) is 65.6 Å². The van der Waals surface area contributed by atoms with E-state index in [-0.39, 0.29) is 18.2 Å². The maximum absolute atomic E-state index is 12.9. The number of hydrogen-bond donors (Lipinski definition) is 2. The summed E-state index contributed by atoms with van der Waals surface area (Å²) in [5, 5.41) is 12.8. The SMILES string of the molecule is CC[C@H](CCC(=O)NO)c1ccc2cnn(C(F)F)c2c1.Cc1ccccc1F. The van der Waals surface area contributed by atoms with Gasteiger partial charge in [-0.15, -0.1) is 0 Å². The largest absolute Gasteiger partial charge is 0.333 e. The van der Waals surface area contributed by atoms with E-state index in [1.54, 1.807) is 36.7 Å². The molecule has 0 aliphatic heterocycles. The van der Waals surface area contributed by atoms with Crippen LogP contribution in [0.3, 0.4) is 0 Å². The molecule has 0 fully saturated rings. The van der Waals surface area contributed by atoms with E-state index >= 15 is 0 Å². The van der Waals surface area contributed by atoms with Gasteiger partial charge < -0.3 is 0 Å². The van der Waals surface area contributed by atoms with Crippen molar-refractivity contribution in [2.45, 2.75) is 45.6 Å². The second-order valence-electron chi connectivity index (χ2n) is 6.61. The topological polar surface area (TPSA) is 67.2 Å². The molecule has 1 heterocycles. The van der Waals surface area contributed by atoms with Crippen LogP contribution in [0.5, 0.6) is 0 Å². The van der Waals surface area contributed by atoms with Crippen LogP contribution >= 0.6 is 0 Å². The number of nitrogens with one attached hydrogen (secondary N) is 1. The van der Waals surface area contributed by atoms with Crippen LogP contribution in [0.4, 0.5) is 13.2 Å². The number of rotatable bonds is 6. The Morgan fingerprint density at radius 2 is 1.97 bits per heavy atom. The fourth-order valence-corrected chi connectivity index (χ4v) is 2.98. The van der Waals surface area contributed by atoms with Crippen molar-refractivity contribution in [3.8, 4) is 0 Å². The van der Waals surface area contributed by atoms with Crippen LogP contribution in [-0.2, 0) is 4.79 Å². The molecular weight excluding hydrogens is 383 g/mol. The Morgan fingerprint density at radius 3 is 2.52 bits per heavy atom. The number of nitrogens with zero attached hydrogens (tertiary/aromatic N) is 2. The van der Waals surface area contributed by atoms with Crippen LogP contribution in [0.15, 0.2) is 48.7 Å². The molecule has 0 aliphatic rings. The quantitative estimate of drug-likeness (QED) is 0.428. The fourth-order valence-electron chi connectivity index (χ4n) is 2.98. The first-order valence-electron chi connectivity index (χ1n) is 9.26. The predicted molar refractivity (Wildman–Crippen MR) is 104 cm³/mol. The third kappa shape index (κ3) is 6.05. The first-order valence-corrected chi connectivity index (χ1v) is 9.26. The van der Waals surface area contributed by atoms with Gasteiger partial charge in [0.25, 0.3) is 0 Å². The summed E-state index contributed by atoms with van der Waals surface area (Å²) in [5.41, 5.74) is 3.56. The monoisotopic (exact) mass is 407 g/mol. The standard InChI is InChI=1S/C14H17F2N3O2.C7H7F/c1-2-9(5-6-13(20)18-21)10-3-4-11-8-17-19(14(15)16)12(11)7-10;1-6-4-2-3-5-7(6)8/h3-4,7-9,14,21H,2,5-6H2,1H3,(H,18,20);2-5H,1H3/t9-;/m1./s1. The number of carbonyl (C=O) groups excluding carboxylic acids is 1. The van der Waals surface area contributed by atoms with Crippen LogP contribution in [0.25, 0.3) is 10.9 Å². The molecule has 0 aliphatic carbocycles. The number of alkyl halides is 2. The molecule has 1 atom stereocenters. The molecule has 0 unspecified atom stereocenters. The van der Waals surface area contributed by atoms with Crippen molar-refractivity contribution in [1.29, 1.82) is 0 Å². The molecule has 2 aromatic carbocycles. The number of halogens is 3. The van der Waals surface area contributed by atoms with Crippen LogP contribution < -0.4 is 5.48 Å². The predicted octanol–water partition coefficient (Wildman–Crippen LogP) is 5.34. The Morgan fingerprint density at radius 1 is 1.24 bits per heavy atom. The molecule has 3 rings (SSSR count). The Hall–Kier alpha value is -2.87. The van der Waals surface area contributed by atoms with Gasteiger partial charge in [0.1, 0.15) is 5.82 Å².